The number of aliphatic carboxylic acids is 1. The van der Waals surface area contributed by atoms with Crippen molar-refractivity contribution in [1.29, 1.82) is 0 Å². The summed E-state index contributed by atoms with van der Waals surface area (Å²) in [6.45, 7) is 0. The molecule has 86 valence electrons. The minimum absolute atomic E-state index is 0.194. The van der Waals surface area contributed by atoms with Crippen LogP contribution in [-0.4, -0.2) is 23.4 Å². The molecule has 1 atom stereocenters. The molecule has 16 heavy (non-hydrogen) atoms. The molecule has 0 aliphatic rings. The van der Waals surface area contributed by atoms with Gasteiger partial charge in [0.15, 0.2) is 0 Å². The molecule has 0 saturated heterocycles. The van der Waals surface area contributed by atoms with E-state index < -0.39 is 13.8 Å². The first kappa shape index (κ1) is 12.9. The fourth-order valence-electron chi connectivity index (χ4n) is 1.49. The molecule has 0 aliphatic carbocycles. The largest absolute Gasteiger partial charge is 0.478 e. The van der Waals surface area contributed by atoms with Gasteiger partial charge in [-0.05, 0) is 24.8 Å². The highest BCUT2D eigenvalue weighted by atomic mass is 31.1. The molecule has 0 bridgehead atoms. The van der Waals surface area contributed by atoms with Gasteiger partial charge >= 0.3 is 13.8 Å². The van der Waals surface area contributed by atoms with Crippen LogP contribution in [0.5, 0.6) is 0 Å². The van der Waals surface area contributed by atoms with Gasteiger partial charge in [0.2, 0.25) is 6.16 Å². The zero-order valence-corrected chi connectivity index (χ0v) is 10.0. The van der Waals surface area contributed by atoms with Crippen molar-refractivity contribution in [3.8, 4) is 0 Å². The summed E-state index contributed by atoms with van der Waals surface area (Å²) < 4.78 is 11.2. The molecule has 1 unspecified atom stereocenters. The minimum Gasteiger partial charge on any atom is -0.478 e. The van der Waals surface area contributed by atoms with Crippen LogP contribution in [-0.2, 0) is 15.8 Å². The molecule has 0 aliphatic heterocycles. The molecule has 0 spiro atoms. The number of hydrogen-bond acceptors (Lipinski definition) is 2. The normalized spacial score (nSPS) is 11.1. The second kappa shape index (κ2) is 7.13. The Morgan fingerprint density at radius 3 is 2.50 bits per heavy atom. The van der Waals surface area contributed by atoms with E-state index in [4.69, 9.17) is 5.11 Å². The second-order valence-corrected chi connectivity index (χ2v) is 5.43. The van der Waals surface area contributed by atoms with Crippen LogP contribution in [0.15, 0.2) is 30.3 Å². The Labute approximate surface area is 96.3 Å². The lowest BCUT2D eigenvalue weighted by atomic mass is 10.1. The molecule has 0 amide bonds. The van der Waals surface area contributed by atoms with Gasteiger partial charge in [0.1, 0.15) is 6.16 Å². The Kier molecular flexibility index (Phi) is 5.73. The Hall–Kier alpha value is -1.21. The second-order valence-electron chi connectivity index (χ2n) is 3.70. The highest BCUT2D eigenvalue weighted by Crippen LogP contribution is 2.21. The van der Waals surface area contributed by atoms with Gasteiger partial charge in [0.25, 0.3) is 0 Å². The van der Waals surface area contributed by atoms with Gasteiger partial charge in [-0.3, -0.25) is 0 Å². The molecule has 1 aromatic rings. The van der Waals surface area contributed by atoms with Gasteiger partial charge in [-0.2, -0.15) is 0 Å². The van der Waals surface area contributed by atoms with E-state index >= 15 is 0 Å². The summed E-state index contributed by atoms with van der Waals surface area (Å²) in [6.07, 6.45) is 3.09. The van der Waals surface area contributed by atoms with E-state index in [-0.39, 0.29) is 6.16 Å². The molecular weight excluding hydrogens is 223 g/mol. The molecular formula is C12H16O3P+. The van der Waals surface area contributed by atoms with Crippen LogP contribution in [0.3, 0.4) is 0 Å². The Bertz CT molecular complexity index is 349. The number of carbonyl (C=O) groups is 1. The monoisotopic (exact) mass is 239 g/mol. The van der Waals surface area contributed by atoms with Crippen LogP contribution in [0.4, 0.5) is 0 Å². The SMILES string of the molecule is O=C(O)C[P+](=O)CCCCc1ccccc1. The summed E-state index contributed by atoms with van der Waals surface area (Å²) in [6, 6.07) is 10.1. The summed E-state index contributed by atoms with van der Waals surface area (Å²) in [7, 11) is -1.55. The summed E-state index contributed by atoms with van der Waals surface area (Å²) in [5, 5.41) is 8.43. The molecule has 0 radical (unpaired) electrons. The quantitative estimate of drug-likeness (QED) is 0.588. The third-order valence-electron chi connectivity index (χ3n) is 2.28. The predicted molar refractivity (Wildman–Crippen MR) is 64.4 cm³/mol. The molecule has 0 fully saturated rings. The van der Waals surface area contributed by atoms with Crippen LogP contribution >= 0.6 is 7.80 Å². The molecule has 3 nitrogen and oxygen atoms in total. The fraction of sp³-hybridized carbons (Fsp3) is 0.417. The van der Waals surface area contributed by atoms with Crippen LogP contribution in [0.2, 0.25) is 0 Å². The fourth-order valence-corrected chi connectivity index (χ4v) is 2.53. The van der Waals surface area contributed by atoms with E-state index in [0.717, 1.165) is 19.3 Å². The lowest BCUT2D eigenvalue weighted by Crippen LogP contribution is -1.99. The standard InChI is InChI=1S/C12H15O3P/c13-12(14)10-16(15)9-5-4-8-11-6-2-1-3-7-11/h1-3,6-7H,4-5,8-10H2/p+1. The number of hydrogen-bond donors (Lipinski definition) is 1. The van der Waals surface area contributed by atoms with E-state index in [1.807, 2.05) is 18.2 Å². The number of benzene rings is 1. The molecule has 0 aromatic heterocycles. The van der Waals surface area contributed by atoms with Gasteiger partial charge in [-0.1, -0.05) is 34.9 Å². The third kappa shape index (κ3) is 5.62. The zero-order chi connectivity index (χ0) is 11.8. The third-order valence-corrected chi connectivity index (χ3v) is 3.72. The minimum atomic E-state index is -1.55. The summed E-state index contributed by atoms with van der Waals surface area (Å²) in [5.74, 6) is -0.968. The molecule has 0 saturated carbocycles. The predicted octanol–water partition coefficient (Wildman–Crippen LogP) is 2.92. The lowest BCUT2D eigenvalue weighted by molar-refractivity contribution is -0.134. The molecule has 0 heterocycles. The average Bonchev–Trinajstić information content (AvgIpc) is 2.25. The van der Waals surface area contributed by atoms with Crippen LogP contribution < -0.4 is 0 Å². The maximum Gasteiger partial charge on any atom is 0.352 e. The first-order chi connectivity index (χ1) is 7.68. The first-order valence-corrected chi connectivity index (χ1v) is 6.99. The number of aryl methyl sites for hydroxylation is 1. The lowest BCUT2D eigenvalue weighted by Gasteiger charge is -1.97. The topological polar surface area (TPSA) is 54.4 Å². The van der Waals surface area contributed by atoms with Crippen molar-refractivity contribution in [3.05, 3.63) is 35.9 Å². The van der Waals surface area contributed by atoms with Crippen LogP contribution in [0.1, 0.15) is 18.4 Å². The van der Waals surface area contributed by atoms with Crippen LogP contribution in [0.25, 0.3) is 0 Å². The number of carboxylic acids is 1. The van der Waals surface area contributed by atoms with Gasteiger partial charge in [0.05, 0.1) is 0 Å². The van der Waals surface area contributed by atoms with Crippen molar-refractivity contribution in [2.75, 3.05) is 12.3 Å². The smallest absolute Gasteiger partial charge is 0.352 e. The zero-order valence-electron chi connectivity index (χ0n) is 9.13. The number of carboxylic acid groups (broad SMARTS) is 1. The van der Waals surface area contributed by atoms with Crippen molar-refractivity contribution in [2.45, 2.75) is 19.3 Å². The van der Waals surface area contributed by atoms with Gasteiger partial charge < -0.3 is 5.11 Å². The number of rotatable bonds is 7. The van der Waals surface area contributed by atoms with Crippen molar-refractivity contribution < 1.29 is 14.5 Å². The number of unbranched alkanes of at least 4 members (excludes halogenated alkanes) is 1. The van der Waals surface area contributed by atoms with Gasteiger partial charge in [0, 0.05) is 0 Å². The van der Waals surface area contributed by atoms with E-state index in [1.165, 1.54) is 5.56 Å². The van der Waals surface area contributed by atoms with E-state index in [2.05, 4.69) is 12.1 Å². The highest BCUT2D eigenvalue weighted by Gasteiger charge is 2.18. The van der Waals surface area contributed by atoms with E-state index in [0.29, 0.717) is 6.16 Å². The Morgan fingerprint density at radius 1 is 1.19 bits per heavy atom. The van der Waals surface area contributed by atoms with E-state index in [9.17, 15) is 9.36 Å². The molecule has 4 heteroatoms. The van der Waals surface area contributed by atoms with Crippen molar-refractivity contribution in [1.82, 2.24) is 0 Å². The summed E-state index contributed by atoms with van der Waals surface area (Å²) in [5.41, 5.74) is 1.27. The first-order valence-electron chi connectivity index (χ1n) is 5.36. The maximum atomic E-state index is 11.2. The summed E-state index contributed by atoms with van der Waals surface area (Å²) in [4.78, 5) is 10.3. The van der Waals surface area contributed by atoms with Crippen molar-refractivity contribution in [2.24, 2.45) is 0 Å². The molecule has 1 rings (SSSR count). The van der Waals surface area contributed by atoms with Crippen molar-refractivity contribution in [3.63, 3.8) is 0 Å². The summed E-state index contributed by atoms with van der Waals surface area (Å²) >= 11 is 0. The van der Waals surface area contributed by atoms with Crippen LogP contribution in [0, 0.1) is 0 Å². The Balaban J connectivity index is 2.13. The maximum absolute atomic E-state index is 11.2. The molecule has 1 N–H and O–H groups in total. The van der Waals surface area contributed by atoms with Gasteiger partial charge in [-0.25, -0.2) is 4.79 Å². The van der Waals surface area contributed by atoms with Gasteiger partial charge in [-0.15, -0.1) is 0 Å². The average molecular weight is 239 g/mol. The Morgan fingerprint density at radius 2 is 1.88 bits per heavy atom. The van der Waals surface area contributed by atoms with Crippen molar-refractivity contribution >= 4 is 13.8 Å². The van der Waals surface area contributed by atoms with E-state index in [1.54, 1.807) is 0 Å². The highest BCUT2D eigenvalue weighted by molar-refractivity contribution is 7.45. The molecule has 1 aromatic carbocycles.